The second kappa shape index (κ2) is 20.9. The summed E-state index contributed by atoms with van der Waals surface area (Å²) in [4.78, 5) is 7.75. The van der Waals surface area contributed by atoms with Crippen molar-refractivity contribution in [3.63, 3.8) is 0 Å². The van der Waals surface area contributed by atoms with Gasteiger partial charge in [0.2, 0.25) is 0 Å². The Morgan fingerprint density at radius 1 is 0.471 bits per heavy atom. The third kappa shape index (κ3) is 13.2. The van der Waals surface area contributed by atoms with Crippen LogP contribution in [0.5, 0.6) is 0 Å². The summed E-state index contributed by atoms with van der Waals surface area (Å²) in [5.74, 6) is 3.03. The molecule has 2 nitrogen and oxygen atoms in total. The van der Waals surface area contributed by atoms with Crippen molar-refractivity contribution in [1.82, 2.24) is 9.80 Å². The van der Waals surface area contributed by atoms with E-state index < -0.39 is 0 Å². The molecule has 34 heavy (non-hydrogen) atoms. The van der Waals surface area contributed by atoms with Crippen LogP contribution in [0.2, 0.25) is 0 Å². The number of hydrogen-bond donors (Lipinski definition) is 0. The molecule has 4 fully saturated rings. The fraction of sp³-hybridized carbons (Fsp3) is 0.286. The summed E-state index contributed by atoms with van der Waals surface area (Å²) < 4.78 is 0. The molecule has 0 aromatic rings. The van der Waals surface area contributed by atoms with Gasteiger partial charge in [-0.15, -0.1) is 0 Å². The molecule has 0 N–H and O–H groups in total. The Morgan fingerprint density at radius 2 is 0.735 bits per heavy atom. The quantitative estimate of drug-likeness (QED) is 0.382. The largest absolute Gasteiger partial charge is 0.0312 e. The molecule has 4 saturated carbocycles. The molecule has 0 aromatic heterocycles. The Kier molecular flexibility index (Phi) is 22.1. The van der Waals surface area contributed by atoms with E-state index in [0.717, 1.165) is 0 Å². The SMILES string of the molecule is C[C@@H]([C]1[CH][CH][CH][C]1[Se][Se][C]1[CH][CH][CH][C]1[C@H](C)N(C)C)N(C)C.[CH]1[CH][CH][CH][CH]1.[CH]1[CH][CH][CH][CH]1.[Fe].[Fe]. The molecule has 0 unspecified atom stereocenters. The average molecular weight is 670 g/mol. The van der Waals surface area contributed by atoms with Gasteiger partial charge in [-0.2, -0.15) is 0 Å². The molecule has 4 rings (SSSR count). The second-order valence-corrected chi connectivity index (χ2v) is 14.2. The summed E-state index contributed by atoms with van der Waals surface area (Å²) in [6, 6.07) is 1.00. The van der Waals surface area contributed by atoms with Gasteiger partial charge in [0.15, 0.2) is 0 Å². The molecule has 4 aliphatic carbocycles. The second-order valence-electron chi connectivity index (χ2n) is 8.06. The van der Waals surface area contributed by atoms with E-state index in [-0.39, 0.29) is 34.1 Å². The molecule has 0 amide bonds. The third-order valence-electron chi connectivity index (χ3n) is 5.40. The van der Waals surface area contributed by atoms with Gasteiger partial charge >= 0.3 is 150 Å². The van der Waals surface area contributed by atoms with E-state index in [1.54, 1.807) is 9.63 Å². The summed E-state index contributed by atoms with van der Waals surface area (Å²) in [7, 11) is 8.64. The van der Waals surface area contributed by atoms with Crippen molar-refractivity contribution in [2.24, 2.45) is 0 Å². The van der Waals surface area contributed by atoms with Crippen LogP contribution >= 0.6 is 0 Å². The van der Waals surface area contributed by atoms with Crippen molar-refractivity contribution in [2.75, 3.05) is 28.2 Å². The number of rotatable bonds is 7. The van der Waals surface area contributed by atoms with Gasteiger partial charge < -0.3 is 0 Å². The normalized spacial score (nSPS) is 23.6. The maximum atomic E-state index is 2.33. The number of nitrogens with zero attached hydrogens (tertiary/aromatic N) is 2. The van der Waals surface area contributed by atoms with Gasteiger partial charge in [-0.05, 0) is 64.2 Å². The standard InChI is InChI=1S/C18H26N2Se2.2C5H5.2Fe/c1-13(19(3)4)15-9-7-11-17(15)21-22-18-12-8-10-16(18)14(2)20(5)6;2*1-2-4-5-3-1;;/h7-14H,1-6H3;2*1-5H;;/t13-,14-;;;;/m0..../s1. The van der Waals surface area contributed by atoms with E-state index in [0.29, 0.717) is 38.3 Å². The zero-order valence-electron chi connectivity index (χ0n) is 20.8. The third-order valence-corrected chi connectivity index (χ3v) is 12.7. The van der Waals surface area contributed by atoms with Crippen LogP contribution in [0.1, 0.15) is 13.8 Å². The van der Waals surface area contributed by atoms with Gasteiger partial charge in [-0.1, -0.05) is 0 Å². The van der Waals surface area contributed by atoms with E-state index in [1.807, 2.05) is 64.2 Å². The van der Waals surface area contributed by atoms with Crippen LogP contribution in [0.3, 0.4) is 0 Å². The van der Waals surface area contributed by atoms with Gasteiger partial charge in [0.1, 0.15) is 0 Å². The fourth-order valence-corrected chi connectivity index (χ4v) is 10.6. The summed E-state index contributed by atoms with van der Waals surface area (Å²) in [5, 5.41) is 0. The Balaban J connectivity index is 0.000000746. The predicted octanol–water partition coefficient (Wildman–Crippen LogP) is 3.71. The van der Waals surface area contributed by atoms with E-state index in [4.69, 9.17) is 0 Å². The van der Waals surface area contributed by atoms with E-state index >= 15 is 0 Å². The minimum absolute atomic E-state index is 0. The molecule has 0 aliphatic heterocycles. The maximum absolute atomic E-state index is 2.33. The zero-order chi connectivity index (χ0) is 23.3. The molecule has 6 heteroatoms. The first-order valence-corrected chi connectivity index (χ1v) is 17.0. The van der Waals surface area contributed by atoms with Gasteiger partial charge in [0.25, 0.3) is 0 Å². The first-order chi connectivity index (χ1) is 15.4. The number of hydrogen-bond acceptors (Lipinski definition) is 2. The first-order valence-electron chi connectivity index (χ1n) is 10.9. The van der Waals surface area contributed by atoms with Crippen LogP contribution in [-0.4, -0.2) is 76.3 Å². The average Bonchev–Trinajstić information content (AvgIpc) is 3.61. The molecule has 4 aliphatic rings. The van der Waals surface area contributed by atoms with Crippen LogP contribution in [0, 0.1) is 124 Å². The van der Waals surface area contributed by atoms with E-state index in [1.165, 1.54) is 11.8 Å². The minimum atomic E-state index is 0. The van der Waals surface area contributed by atoms with Gasteiger partial charge in [0.05, 0.1) is 0 Å². The monoisotopic (exact) mass is 672 g/mol. The molecule has 0 heterocycles. The van der Waals surface area contributed by atoms with Crippen molar-refractivity contribution in [3.05, 3.63) is 124 Å². The zero-order valence-corrected chi connectivity index (χ0v) is 26.4. The van der Waals surface area contributed by atoms with Crippen molar-refractivity contribution >= 4 is 26.3 Å². The van der Waals surface area contributed by atoms with Crippen LogP contribution in [0.4, 0.5) is 0 Å². The van der Waals surface area contributed by atoms with Crippen molar-refractivity contribution in [1.29, 1.82) is 0 Å². The molecule has 186 valence electrons. The molecule has 20 radical (unpaired) electrons. The minimum Gasteiger partial charge on any atom is -0.0312 e. The van der Waals surface area contributed by atoms with Gasteiger partial charge in [-0.3, -0.25) is 0 Å². The Morgan fingerprint density at radius 3 is 0.971 bits per heavy atom. The van der Waals surface area contributed by atoms with Crippen LogP contribution in [-0.2, 0) is 34.1 Å². The molecule has 0 saturated heterocycles. The Bertz CT molecular complexity index is 416. The smallest absolute Gasteiger partial charge is 0 e. The Labute approximate surface area is 246 Å². The molecular formula is C28H36Fe2N2Se2. The van der Waals surface area contributed by atoms with Crippen molar-refractivity contribution in [2.45, 2.75) is 25.9 Å². The van der Waals surface area contributed by atoms with Crippen LogP contribution in [0.25, 0.3) is 0 Å². The topological polar surface area (TPSA) is 6.48 Å². The summed E-state index contributed by atoms with van der Waals surface area (Å²) >= 11 is 1.12. The molecule has 0 spiro atoms. The molecule has 0 bridgehead atoms. The maximum Gasteiger partial charge on any atom is 0 e. The summed E-state index contributed by atoms with van der Waals surface area (Å²) in [5.41, 5.74) is 0. The molecule has 2 atom stereocenters. The van der Waals surface area contributed by atoms with Crippen molar-refractivity contribution < 1.29 is 34.1 Å². The van der Waals surface area contributed by atoms with E-state index in [2.05, 4.69) is 90.4 Å². The fourth-order valence-electron chi connectivity index (χ4n) is 2.96. The van der Waals surface area contributed by atoms with E-state index in [9.17, 15) is 0 Å². The van der Waals surface area contributed by atoms with Crippen LogP contribution < -0.4 is 0 Å². The molecule has 0 aromatic carbocycles. The summed E-state index contributed by atoms with van der Waals surface area (Å²) in [6.45, 7) is 4.59. The molecular weight excluding hydrogens is 634 g/mol. The van der Waals surface area contributed by atoms with Crippen molar-refractivity contribution in [3.8, 4) is 0 Å². The predicted molar refractivity (Wildman–Crippen MR) is 140 cm³/mol. The first kappa shape index (κ1) is 36.0. The van der Waals surface area contributed by atoms with Crippen LogP contribution in [0.15, 0.2) is 0 Å². The van der Waals surface area contributed by atoms with Gasteiger partial charge in [-0.25, -0.2) is 0 Å². The van der Waals surface area contributed by atoms with Gasteiger partial charge in [0, 0.05) is 34.1 Å². The Hall–Kier alpha value is 2.00. The summed E-state index contributed by atoms with van der Waals surface area (Å²) in [6.07, 6.45) is 33.7.